The molecule has 0 aromatic heterocycles. The van der Waals surface area contributed by atoms with E-state index in [9.17, 15) is 28.1 Å². The van der Waals surface area contributed by atoms with Crippen molar-refractivity contribution in [3.63, 3.8) is 0 Å². The standard InChI is InChI=1S/C29H30Cl2N4O6S/c1-20(29(37)32-22-7-5-6-8-22)33(18-21-11-16-26(30)27(31)17-21)28(36)19-34(23-12-14-24(15-13-23)35(38)39)42(40,41)25-9-3-2-4-10-25/h2-4,9-17,20,22H,5-8,18-19H2,1H3,(H,32,37)/t20-/m1/s1. The van der Waals surface area contributed by atoms with Gasteiger partial charge >= 0.3 is 0 Å². The number of carbonyl (C=O) groups excluding carboxylic acids is 2. The minimum Gasteiger partial charge on any atom is -0.352 e. The van der Waals surface area contributed by atoms with E-state index < -0.39 is 33.4 Å². The molecule has 13 heteroatoms. The van der Waals surface area contributed by atoms with Gasteiger partial charge in [-0.15, -0.1) is 0 Å². The summed E-state index contributed by atoms with van der Waals surface area (Å²) in [5.41, 5.74) is 0.405. The van der Waals surface area contributed by atoms with Crippen molar-refractivity contribution < 1.29 is 22.9 Å². The third kappa shape index (κ3) is 7.39. The average molecular weight is 634 g/mol. The molecule has 0 radical (unpaired) electrons. The van der Waals surface area contributed by atoms with E-state index in [4.69, 9.17) is 23.2 Å². The number of hydrogen-bond donors (Lipinski definition) is 1. The molecule has 1 aliphatic rings. The van der Waals surface area contributed by atoms with Crippen LogP contribution in [0.4, 0.5) is 11.4 Å². The lowest BCUT2D eigenvalue weighted by Crippen LogP contribution is -2.52. The number of amides is 2. The number of nitrogens with zero attached hydrogens (tertiary/aromatic N) is 3. The molecular weight excluding hydrogens is 603 g/mol. The van der Waals surface area contributed by atoms with E-state index in [-0.39, 0.29) is 39.8 Å². The Hall–Kier alpha value is -3.67. The molecule has 2 amide bonds. The minimum absolute atomic E-state index is 0.0111. The lowest BCUT2D eigenvalue weighted by Gasteiger charge is -2.32. The van der Waals surface area contributed by atoms with Crippen molar-refractivity contribution in [1.82, 2.24) is 10.2 Å². The summed E-state index contributed by atoms with van der Waals surface area (Å²) in [4.78, 5) is 39.1. The van der Waals surface area contributed by atoms with Crippen LogP contribution < -0.4 is 9.62 Å². The molecule has 1 saturated carbocycles. The number of sulfonamides is 1. The van der Waals surface area contributed by atoms with Gasteiger partial charge in [0.15, 0.2) is 0 Å². The molecular formula is C29H30Cl2N4O6S. The van der Waals surface area contributed by atoms with Crippen molar-refractivity contribution in [3.8, 4) is 0 Å². The number of non-ortho nitro benzene ring substituents is 1. The second kappa shape index (κ2) is 13.5. The molecule has 1 N–H and O–H groups in total. The predicted molar refractivity (Wildman–Crippen MR) is 161 cm³/mol. The quantitative estimate of drug-likeness (QED) is 0.217. The van der Waals surface area contributed by atoms with Crippen molar-refractivity contribution in [2.45, 2.75) is 56.1 Å². The predicted octanol–water partition coefficient (Wildman–Crippen LogP) is 5.57. The summed E-state index contributed by atoms with van der Waals surface area (Å²) in [6, 6.07) is 16.3. The van der Waals surface area contributed by atoms with Crippen LogP contribution in [0, 0.1) is 10.1 Å². The second-order valence-corrected chi connectivity index (χ2v) is 12.7. The highest BCUT2D eigenvalue weighted by Crippen LogP contribution is 2.28. The summed E-state index contributed by atoms with van der Waals surface area (Å²) >= 11 is 12.3. The van der Waals surface area contributed by atoms with E-state index in [1.54, 1.807) is 43.3 Å². The maximum absolute atomic E-state index is 14.0. The first-order chi connectivity index (χ1) is 20.0. The van der Waals surface area contributed by atoms with Gasteiger partial charge in [-0.2, -0.15) is 0 Å². The smallest absolute Gasteiger partial charge is 0.269 e. The van der Waals surface area contributed by atoms with Crippen LogP contribution in [-0.4, -0.2) is 48.7 Å². The van der Waals surface area contributed by atoms with Crippen molar-refractivity contribution in [2.75, 3.05) is 10.8 Å². The maximum atomic E-state index is 14.0. The maximum Gasteiger partial charge on any atom is 0.269 e. The zero-order valence-corrected chi connectivity index (χ0v) is 25.1. The Balaban J connectivity index is 1.70. The van der Waals surface area contributed by atoms with E-state index in [0.29, 0.717) is 10.6 Å². The number of nitrogens with one attached hydrogen (secondary N) is 1. The molecule has 3 aromatic rings. The Morgan fingerprint density at radius 1 is 1.00 bits per heavy atom. The molecule has 4 rings (SSSR count). The summed E-state index contributed by atoms with van der Waals surface area (Å²) in [5, 5.41) is 14.8. The molecule has 0 saturated heterocycles. The van der Waals surface area contributed by atoms with Gasteiger partial charge in [-0.1, -0.05) is 60.3 Å². The first kappa shape index (κ1) is 31.3. The second-order valence-electron chi connectivity index (χ2n) is 10.0. The zero-order valence-electron chi connectivity index (χ0n) is 22.8. The van der Waals surface area contributed by atoms with Crippen LogP contribution in [0.15, 0.2) is 77.7 Å². The molecule has 0 aliphatic heterocycles. The third-order valence-corrected chi connectivity index (χ3v) is 9.69. The first-order valence-electron chi connectivity index (χ1n) is 13.3. The SMILES string of the molecule is C[C@H](C(=O)NC1CCCC1)N(Cc1ccc(Cl)c(Cl)c1)C(=O)CN(c1ccc([N+](=O)[O-])cc1)S(=O)(=O)c1ccccc1. The molecule has 10 nitrogen and oxygen atoms in total. The molecule has 222 valence electrons. The van der Waals surface area contributed by atoms with E-state index in [0.717, 1.165) is 30.0 Å². The highest BCUT2D eigenvalue weighted by Gasteiger charge is 2.33. The Morgan fingerprint density at radius 3 is 2.24 bits per heavy atom. The van der Waals surface area contributed by atoms with Gasteiger partial charge in [-0.05, 0) is 61.7 Å². The van der Waals surface area contributed by atoms with E-state index >= 15 is 0 Å². The molecule has 0 unspecified atom stereocenters. The van der Waals surface area contributed by atoms with E-state index in [2.05, 4.69) is 5.32 Å². The molecule has 0 heterocycles. The Morgan fingerprint density at radius 2 is 1.64 bits per heavy atom. The summed E-state index contributed by atoms with van der Waals surface area (Å²) in [6.07, 6.45) is 3.71. The number of carbonyl (C=O) groups is 2. The summed E-state index contributed by atoms with van der Waals surface area (Å²) in [6.45, 7) is 0.869. The van der Waals surface area contributed by atoms with Crippen LogP contribution in [0.1, 0.15) is 38.2 Å². The van der Waals surface area contributed by atoms with Gasteiger partial charge in [-0.25, -0.2) is 8.42 Å². The monoisotopic (exact) mass is 632 g/mol. The normalized spacial score (nSPS) is 14.3. The molecule has 0 bridgehead atoms. The Labute approximate surface area is 254 Å². The highest BCUT2D eigenvalue weighted by atomic mass is 35.5. The fourth-order valence-corrected chi connectivity index (χ4v) is 6.55. The number of rotatable bonds is 11. The molecule has 0 spiro atoms. The van der Waals surface area contributed by atoms with Gasteiger partial charge < -0.3 is 10.2 Å². The van der Waals surface area contributed by atoms with Crippen molar-refractivity contribution >= 4 is 56.4 Å². The molecule has 42 heavy (non-hydrogen) atoms. The molecule has 1 aliphatic carbocycles. The van der Waals surface area contributed by atoms with Gasteiger partial charge in [0.25, 0.3) is 15.7 Å². The number of halogens is 2. The number of anilines is 1. The van der Waals surface area contributed by atoms with Crippen molar-refractivity contribution in [1.29, 1.82) is 0 Å². The zero-order chi connectivity index (χ0) is 30.4. The van der Waals surface area contributed by atoms with Gasteiger partial charge in [0.1, 0.15) is 12.6 Å². The van der Waals surface area contributed by atoms with Gasteiger partial charge in [0, 0.05) is 24.7 Å². The largest absolute Gasteiger partial charge is 0.352 e. The average Bonchev–Trinajstić information content (AvgIpc) is 3.49. The Kier molecular flexibility index (Phi) is 10.1. The fourth-order valence-electron chi connectivity index (χ4n) is 4.80. The lowest BCUT2D eigenvalue weighted by molar-refractivity contribution is -0.384. The number of nitro benzene ring substituents is 1. The van der Waals surface area contributed by atoms with Crippen LogP contribution in [0.2, 0.25) is 10.0 Å². The van der Waals surface area contributed by atoms with Gasteiger partial charge in [-0.3, -0.25) is 24.0 Å². The van der Waals surface area contributed by atoms with Gasteiger partial charge in [0.2, 0.25) is 11.8 Å². The third-order valence-electron chi connectivity index (χ3n) is 7.16. The summed E-state index contributed by atoms with van der Waals surface area (Å²) in [5.74, 6) is -1.02. The number of hydrogen-bond acceptors (Lipinski definition) is 6. The van der Waals surface area contributed by atoms with Crippen molar-refractivity contribution in [2.24, 2.45) is 0 Å². The van der Waals surface area contributed by atoms with E-state index in [1.165, 1.54) is 41.3 Å². The lowest BCUT2D eigenvalue weighted by atomic mass is 10.1. The molecule has 1 fully saturated rings. The van der Waals surface area contributed by atoms with E-state index in [1.807, 2.05) is 0 Å². The minimum atomic E-state index is -4.29. The summed E-state index contributed by atoms with van der Waals surface area (Å²) < 4.78 is 28.5. The van der Waals surface area contributed by atoms with Crippen molar-refractivity contribution in [3.05, 3.63) is 98.5 Å². The number of nitro groups is 1. The fraction of sp³-hybridized carbons (Fsp3) is 0.310. The van der Waals surface area contributed by atoms with Crippen LogP contribution in [0.3, 0.4) is 0 Å². The first-order valence-corrected chi connectivity index (χ1v) is 15.5. The molecule has 3 aromatic carbocycles. The van der Waals surface area contributed by atoms with Crippen LogP contribution in [0.5, 0.6) is 0 Å². The van der Waals surface area contributed by atoms with Crippen LogP contribution >= 0.6 is 23.2 Å². The van der Waals surface area contributed by atoms with Crippen LogP contribution in [-0.2, 0) is 26.2 Å². The topological polar surface area (TPSA) is 130 Å². The summed E-state index contributed by atoms with van der Waals surface area (Å²) in [7, 11) is -4.29. The highest BCUT2D eigenvalue weighted by molar-refractivity contribution is 7.92. The van der Waals surface area contributed by atoms with Gasteiger partial charge in [0.05, 0.1) is 25.6 Å². The Bertz CT molecular complexity index is 1550. The molecule has 1 atom stereocenters. The van der Waals surface area contributed by atoms with Crippen LogP contribution in [0.25, 0.3) is 0 Å². The number of benzene rings is 3.